The minimum atomic E-state index is -3.51. The van der Waals surface area contributed by atoms with Gasteiger partial charge in [0.1, 0.15) is 0 Å². The van der Waals surface area contributed by atoms with Crippen LogP contribution in [-0.2, 0) is 0 Å². The van der Waals surface area contributed by atoms with Crippen molar-refractivity contribution in [2.45, 2.75) is 38.7 Å². The Morgan fingerprint density at radius 1 is 1.05 bits per heavy atom. The molecule has 1 aromatic carbocycles. The van der Waals surface area contributed by atoms with Gasteiger partial charge >= 0.3 is 6.11 Å². The summed E-state index contributed by atoms with van der Waals surface area (Å²) >= 11 is 0. The van der Waals surface area contributed by atoms with E-state index in [2.05, 4.69) is 9.47 Å². The summed E-state index contributed by atoms with van der Waals surface area (Å²) in [5, 5.41) is 0. The van der Waals surface area contributed by atoms with Crippen LogP contribution >= 0.6 is 0 Å². The van der Waals surface area contributed by atoms with Gasteiger partial charge in [-0.3, -0.25) is 0 Å². The molecule has 1 saturated carbocycles. The highest BCUT2D eigenvalue weighted by Crippen LogP contribution is 2.41. The van der Waals surface area contributed by atoms with E-state index < -0.39 is 29.4 Å². The molecule has 2 nitrogen and oxygen atoms in total. The van der Waals surface area contributed by atoms with E-state index in [-0.39, 0.29) is 7.18 Å². The fourth-order valence-electron chi connectivity index (χ4n) is 2.58. The van der Waals surface area contributed by atoms with Gasteiger partial charge in [-0.25, -0.2) is 0 Å². The normalized spacial score (nSPS) is 23.0. The van der Waals surface area contributed by atoms with Crippen molar-refractivity contribution in [2.75, 3.05) is 7.11 Å². The predicted octanol–water partition coefficient (Wildman–Crippen LogP) is 5.02. The average molecular weight is 308 g/mol. The lowest BCUT2D eigenvalue weighted by atomic mass is 9.82. The molecule has 1 aromatic rings. The highest BCUT2D eigenvalue weighted by atomic mass is 19.3. The summed E-state index contributed by atoms with van der Waals surface area (Å²) in [6.07, 6.45) is -1.52. The lowest BCUT2D eigenvalue weighted by Crippen LogP contribution is -2.37. The first-order valence-electron chi connectivity index (χ1n) is 6.94. The van der Waals surface area contributed by atoms with Crippen LogP contribution in [0, 0.1) is 23.5 Å². The summed E-state index contributed by atoms with van der Waals surface area (Å²) in [6.45, 7) is 2.01. The van der Waals surface area contributed by atoms with Crippen molar-refractivity contribution in [1.82, 2.24) is 0 Å². The van der Waals surface area contributed by atoms with Gasteiger partial charge in [-0.2, -0.15) is 17.6 Å². The molecule has 0 spiro atoms. The van der Waals surface area contributed by atoms with E-state index >= 15 is 0 Å². The Labute approximate surface area is 122 Å². The first-order valence-corrected chi connectivity index (χ1v) is 6.94. The predicted molar refractivity (Wildman–Crippen MR) is 71.7 cm³/mol. The van der Waals surface area contributed by atoms with Crippen LogP contribution in [0.25, 0.3) is 0 Å². The lowest BCUT2D eigenvalue weighted by molar-refractivity contribution is -0.224. The van der Waals surface area contributed by atoms with Crippen LogP contribution in [0.1, 0.15) is 34.0 Å². The summed E-state index contributed by atoms with van der Waals surface area (Å²) in [5.74, 6) is -4.50. The molecule has 0 bridgehead atoms. The maximum atomic E-state index is 14.1. The van der Waals surface area contributed by atoms with Gasteiger partial charge in [-0.1, -0.05) is 19.8 Å². The SMILES string of the molecule is COc1ccc(OC(F)(F)C2CCC(C)CC2)c(F)c1F.[HH]. The van der Waals surface area contributed by atoms with Crippen molar-refractivity contribution in [3.63, 3.8) is 0 Å². The van der Waals surface area contributed by atoms with Crippen molar-refractivity contribution in [2.24, 2.45) is 11.8 Å². The molecule has 0 aromatic heterocycles. The Balaban J connectivity index is 0.00000242. The molecule has 0 radical (unpaired) electrons. The van der Waals surface area contributed by atoms with E-state index in [1.165, 1.54) is 0 Å². The topological polar surface area (TPSA) is 18.5 Å². The largest absolute Gasteiger partial charge is 0.494 e. The molecule has 1 fully saturated rings. The van der Waals surface area contributed by atoms with Crippen molar-refractivity contribution >= 4 is 0 Å². The van der Waals surface area contributed by atoms with Crippen LogP contribution in [-0.4, -0.2) is 13.2 Å². The second kappa shape index (κ2) is 6.12. The summed E-state index contributed by atoms with van der Waals surface area (Å²) < 4.78 is 64.4. The standard InChI is InChI=1S/C15H18F4O2.H2/c1-9-3-5-10(6-4-9)15(18,19)21-12-8-7-11(20-2)13(16)14(12)17;/h7-10H,3-6H2,1-2H3;1H. The van der Waals surface area contributed by atoms with Gasteiger partial charge < -0.3 is 9.47 Å². The Bertz CT molecular complexity index is 503. The molecule has 2 rings (SSSR count). The van der Waals surface area contributed by atoms with E-state index in [1.54, 1.807) is 0 Å². The smallest absolute Gasteiger partial charge is 0.400 e. The zero-order valence-corrected chi connectivity index (χ0v) is 12.0. The molecule has 21 heavy (non-hydrogen) atoms. The van der Waals surface area contributed by atoms with Crippen LogP contribution in [0.3, 0.4) is 0 Å². The lowest BCUT2D eigenvalue weighted by Gasteiger charge is -2.32. The van der Waals surface area contributed by atoms with Gasteiger partial charge in [0, 0.05) is 1.43 Å². The molecular weight excluding hydrogens is 288 g/mol. The summed E-state index contributed by atoms with van der Waals surface area (Å²) in [7, 11) is 1.16. The highest BCUT2D eigenvalue weighted by Gasteiger charge is 2.44. The number of methoxy groups -OCH3 is 1. The van der Waals surface area contributed by atoms with Gasteiger partial charge in [-0.15, -0.1) is 0 Å². The number of ether oxygens (including phenoxy) is 2. The molecule has 0 N–H and O–H groups in total. The van der Waals surface area contributed by atoms with Crippen molar-refractivity contribution in [3.8, 4) is 11.5 Å². The first kappa shape index (κ1) is 15.9. The quantitative estimate of drug-likeness (QED) is 0.727. The Kier molecular flexibility index (Phi) is 4.64. The molecule has 0 saturated heterocycles. The molecule has 0 aliphatic heterocycles. The minimum Gasteiger partial charge on any atom is -0.494 e. The van der Waals surface area contributed by atoms with Gasteiger partial charge in [0.15, 0.2) is 11.5 Å². The fourth-order valence-corrected chi connectivity index (χ4v) is 2.58. The zero-order valence-electron chi connectivity index (χ0n) is 12.0. The minimum absolute atomic E-state index is 0. The maximum absolute atomic E-state index is 14.1. The fraction of sp³-hybridized carbons (Fsp3) is 0.600. The van der Waals surface area contributed by atoms with Crippen LogP contribution in [0.5, 0.6) is 11.5 Å². The summed E-state index contributed by atoms with van der Waals surface area (Å²) in [4.78, 5) is 0. The van der Waals surface area contributed by atoms with Gasteiger partial charge in [-0.05, 0) is 30.9 Å². The first-order chi connectivity index (χ1) is 9.85. The number of rotatable bonds is 4. The van der Waals surface area contributed by atoms with Crippen LogP contribution in [0.2, 0.25) is 0 Å². The number of benzene rings is 1. The average Bonchev–Trinajstić information content (AvgIpc) is 2.44. The van der Waals surface area contributed by atoms with E-state index in [0.717, 1.165) is 19.2 Å². The van der Waals surface area contributed by atoms with E-state index in [9.17, 15) is 17.6 Å². The second-order valence-corrected chi connectivity index (χ2v) is 5.51. The van der Waals surface area contributed by atoms with Gasteiger partial charge in [0.2, 0.25) is 11.6 Å². The number of alkyl halides is 2. The molecular formula is C15H20F4O2. The molecule has 0 atom stereocenters. The Hall–Kier alpha value is -1.46. The number of hydrogen-bond donors (Lipinski definition) is 0. The third-order valence-corrected chi connectivity index (χ3v) is 3.97. The third kappa shape index (κ3) is 3.41. The second-order valence-electron chi connectivity index (χ2n) is 5.51. The zero-order chi connectivity index (χ0) is 15.6. The Morgan fingerprint density at radius 3 is 2.14 bits per heavy atom. The van der Waals surface area contributed by atoms with Gasteiger partial charge in [0.25, 0.3) is 0 Å². The molecule has 1 aliphatic carbocycles. The molecule has 6 heteroatoms. The van der Waals surface area contributed by atoms with Crippen LogP contribution in [0.4, 0.5) is 17.6 Å². The molecule has 120 valence electrons. The summed E-state index contributed by atoms with van der Waals surface area (Å²) in [6, 6.07) is 2.02. The van der Waals surface area contributed by atoms with Crippen LogP contribution in [0.15, 0.2) is 12.1 Å². The summed E-state index contributed by atoms with van der Waals surface area (Å²) in [5.41, 5.74) is 0. The van der Waals surface area contributed by atoms with Crippen molar-refractivity contribution in [3.05, 3.63) is 23.8 Å². The highest BCUT2D eigenvalue weighted by molar-refractivity contribution is 5.35. The van der Waals surface area contributed by atoms with E-state index in [1.807, 2.05) is 6.92 Å². The van der Waals surface area contributed by atoms with E-state index in [0.29, 0.717) is 31.6 Å². The molecule has 0 amide bonds. The Morgan fingerprint density at radius 2 is 1.57 bits per heavy atom. The maximum Gasteiger partial charge on any atom is 0.400 e. The number of halogens is 4. The molecule has 0 heterocycles. The third-order valence-electron chi connectivity index (χ3n) is 3.97. The monoisotopic (exact) mass is 308 g/mol. The van der Waals surface area contributed by atoms with Gasteiger partial charge in [0.05, 0.1) is 13.0 Å². The van der Waals surface area contributed by atoms with Crippen molar-refractivity contribution in [1.29, 1.82) is 0 Å². The van der Waals surface area contributed by atoms with Crippen LogP contribution < -0.4 is 9.47 Å². The molecule has 0 unspecified atom stereocenters. The molecule has 1 aliphatic rings. The van der Waals surface area contributed by atoms with Crippen molar-refractivity contribution < 1.29 is 28.5 Å². The number of hydrogen-bond acceptors (Lipinski definition) is 2. The van der Waals surface area contributed by atoms with E-state index in [4.69, 9.17) is 0 Å².